The zero-order chi connectivity index (χ0) is 15.2. The van der Waals surface area contributed by atoms with Crippen LogP contribution in [0.2, 0.25) is 0 Å². The molecule has 0 radical (unpaired) electrons. The Bertz CT molecular complexity index is 366. The van der Waals surface area contributed by atoms with Crippen molar-refractivity contribution in [2.24, 2.45) is 5.92 Å². The van der Waals surface area contributed by atoms with Crippen molar-refractivity contribution in [3.05, 3.63) is 35.4 Å². The number of hydrogen-bond acceptors (Lipinski definition) is 1. The SMILES string of the molecule is CCCC(CCC)C(NC)c1ccc(C(C)(C)C)cc1. The van der Waals surface area contributed by atoms with Gasteiger partial charge in [0, 0.05) is 6.04 Å². The Kier molecular flexibility index (Phi) is 6.75. The molecule has 0 saturated carbocycles. The second-order valence-electron chi connectivity index (χ2n) is 6.98. The molecule has 1 atom stereocenters. The summed E-state index contributed by atoms with van der Waals surface area (Å²) in [6, 6.07) is 9.73. The quantitative estimate of drug-likeness (QED) is 0.696. The summed E-state index contributed by atoms with van der Waals surface area (Å²) in [6.45, 7) is 11.4. The maximum Gasteiger partial charge on any atom is 0.0346 e. The molecule has 1 N–H and O–H groups in total. The van der Waals surface area contributed by atoms with Crippen molar-refractivity contribution in [1.82, 2.24) is 5.32 Å². The Morgan fingerprint density at radius 3 is 1.80 bits per heavy atom. The minimum Gasteiger partial charge on any atom is -0.313 e. The fraction of sp³-hybridized carbons (Fsp3) is 0.684. The molecule has 0 heterocycles. The lowest BCUT2D eigenvalue weighted by Gasteiger charge is -2.28. The lowest BCUT2D eigenvalue weighted by molar-refractivity contribution is 0.331. The highest BCUT2D eigenvalue weighted by Crippen LogP contribution is 2.31. The lowest BCUT2D eigenvalue weighted by atomic mass is 9.83. The highest BCUT2D eigenvalue weighted by Gasteiger charge is 2.21. The van der Waals surface area contributed by atoms with Crippen molar-refractivity contribution >= 4 is 0 Å². The van der Waals surface area contributed by atoms with Crippen molar-refractivity contribution in [3.63, 3.8) is 0 Å². The van der Waals surface area contributed by atoms with Crippen LogP contribution in [0.15, 0.2) is 24.3 Å². The molecule has 20 heavy (non-hydrogen) atoms. The van der Waals surface area contributed by atoms with Crippen LogP contribution in [0.3, 0.4) is 0 Å². The summed E-state index contributed by atoms with van der Waals surface area (Å²) >= 11 is 0. The van der Waals surface area contributed by atoms with Gasteiger partial charge in [0.2, 0.25) is 0 Å². The highest BCUT2D eigenvalue weighted by molar-refractivity contribution is 5.29. The van der Waals surface area contributed by atoms with E-state index in [1.165, 1.54) is 36.8 Å². The first-order chi connectivity index (χ1) is 9.43. The maximum absolute atomic E-state index is 3.55. The van der Waals surface area contributed by atoms with E-state index in [-0.39, 0.29) is 5.41 Å². The largest absolute Gasteiger partial charge is 0.313 e. The molecule has 0 aliphatic carbocycles. The van der Waals surface area contributed by atoms with Crippen LogP contribution in [-0.4, -0.2) is 7.05 Å². The molecule has 0 fully saturated rings. The van der Waals surface area contributed by atoms with Crippen LogP contribution in [0, 0.1) is 5.92 Å². The van der Waals surface area contributed by atoms with Crippen molar-refractivity contribution in [2.75, 3.05) is 7.05 Å². The second kappa shape index (κ2) is 7.83. The fourth-order valence-corrected chi connectivity index (χ4v) is 3.08. The first-order valence-electron chi connectivity index (χ1n) is 8.21. The predicted molar refractivity (Wildman–Crippen MR) is 90.2 cm³/mol. The van der Waals surface area contributed by atoms with Gasteiger partial charge in [0.15, 0.2) is 0 Å². The van der Waals surface area contributed by atoms with Crippen LogP contribution in [0.4, 0.5) is 0 Å². The van der Waals surface area contributed by atoms with E-state index in [1.807, 2.05) is 0 Å². The fourth-order valence-electron chi connectivity index (χ4n) is 3.08. The summed E-state index contributed by atoms with van der Waals surface area (Å²) in [7, 11) is 2.10. The minimum absolute atomic E-state index is 0.236. The van der Waals surface area contributed by atoms with E-state index in [2.05, 4.69) is 71.2 Å². The molecule has 1 heteroatoms. The number of hydrogen-bond donors (Lipinski definition) is 1. The summed E-state index contributed by atoms with van der Waals surface area (Å²) in [5.41, 5.74) is 3.09. The van der Waals surface area contributed by atoms with Crippen LogP contribution in [0.1, 0.15) is 77.5 Å². The van der Waals surface area contributed by atoms with Crippen molar-refractivity contribution < 1.29 is 0 Å². The lowest BCUT2D eigenvalue weighted by Crippen LogP contribution is -2.25. The Morgan fingerprint density at radius 2 is 1.45 bits per heavy atom. The molecule has 0 spiro atoms. The van der Waals surface area contributed by atoms with Crippen LogP contribution in [0.25, 0.3) is 0 Å². The third-order valence-electron chi connectivity index (χ3n) is 4.24. The van der Waals surface area contributed by atoms with Crippen LogP contribution < -0.4 is 5.32 Å². The van der Waals surface area contributed by atoms with E-state index in [4.69, 9.17) is 0 Å². The molecule has 0 aromatic heterocycles. The molecular formula is C19H33N. The molecule has 0 bridgehead atoms. The first kappa shape index (κ1) is 17.2. The van der Waals surface area contributed by atoms with Gasteiger partial charge in [-0.05, 0) is 42.3 Å². The maximum atomic E-state index is 3.55. The molecule has 1 aromatic carbocycles. The highest BCUT2D eigenvalue weighted by atomic mass is 14.9. The molecule has 114 valence electrons. The normalized spacial score (nSPS) is 13.8. The smallest absolute Gasteiger partial charge is 0.0346 e. The van der Waals surface area contributed by atoms with Gasteiger partial charge in [0.25, 0.3) is 0 Å². The van der Waals surface area contributed by atoms with Gasteiger partial charge in [-0.15, -0.1) is 0 Å². The predicted octanol–water partition coefficient (Wildman–Crippen LogP) is 5.46. The van der Waals surface area contributed by atoms with Crippen LogP contribution in [0.5, 0.6) is 0 Å². The van der Waals surface area contributed by atoms with Gasteiger partial charge in [0.1, 0.15) is 0 Å². The molecule has 0 aliphatic heterocycles. The summed E-state index contributed by atoms with van der Waals surface area (Å²) in [5, 5.41) is 3.55. The van der Waals surface area contributed by atoms with Crippen LogP contribution in [-0.2, 0) is 5.41 Å². The van der Waals surface area contributed by atoms with E-state index in [1.54, 1.807) is 0 Å². The Labute approximate surface area is 126 Å². The topological polar surface area (TPSA) is 12.0 Å². The van der Waals surface area contributed by atoms with Gasteiger partial charge in [-0.2, -0.15) is 0 Å². The van der Waals surface area contributed by atoms with Gasteiger partial charge in [-0.1, -0.05) is 71.7 Å². The number of nitrogens with one attached hydrogen (secondary N) is 1. The zero-order valence-corrected chi connectivity index (χ0v) is 14.3. The molecule has 0 saturated heterocycles. The van der Waals surface area contributed by atoms with E-state index in [9.17, 15) is 0 Å². The third-order valence-corrected chi connectivity index (χ3v) is 4.24. The van der Waals surface area contributed by atoms with Crippen molar-refractivity contribution in [2.45, 2.75) is 71.8 Å². The third kappa shape index (κ3) is 4.63. The molecule has 1 aromatic rings. The van der Waals surface area contributed by atoms with Gasteiger partial charge >= 0.3 is 0 Å². The molecule has 1 nitrogen and oxygen atoms in total. The van der Waals surface area contributed by atoms with Crippen molar-refractivity contribution in [1.29, 1.82) is 0 Å². The molecular weight excluding hydrogens is 242 g/mol. The number of rotatable bonds is 7. The summed E-state index contributed by atoms with van der Waals surface area (Å²) in [5.74, 6) is 0.746. The van der Waals surface area contributed by atoms with Crippen molar-refractivity contribution in [3.8, 4) is 0 Å². The molecule has 0 aliphatic rings. The molecule has 1 unspecified atom stereocenters. The molecule has 1 rings (SSSR count). The average Bonchev–Trinajstić information content (AvgIpc) is 2.39. The van der Waals surface area contributed by atoms with Gasteiger partial charge in [-0.3, -0.25) is 0 Å². The summed E-state index contributed by atoms with van der Waals surface area (Å²) in [6.07, 6.45) is 5.15. The molecule has 0 amide bonds. The van der Waals surface area contributed by atoms with E-state index < -0.39 is 0 Å². The Hall–Kier alpha value is -0.820. The standard InChI is InChI=1S/C19H33N/c1-7-9-15(10-8-2)18(20-6)16-11-13-17(14-12-16)19(3,4)5/h11-15,18,20H,7-10H2,1-6H3. The Morgan fingerprint density at radius 1 is 0.950 bits per heavy atom. The van der Waals surface area contributed by atoms with Gasteiger partial charge in [0.05, 0.1) is 0 Å². The average molecular weight is 275 g/mol. The second-order valence-corrected chi connectivity index (χ2v) is 6.98. The minimum atomic E-state index is 0.236. The van der Waals surface area contributed by atoms with E-state index >= 15 is 0 Å². The Balaban J connectivity index is 2.93. The summed E-state index contributed by atoms with van der Waals surface area (Å²) in [4.78, 5) is 0. The van der Waals surface area contributed by atoms with Gasteiger partial charge in [-0.25, -0.2) is 0 Å². The van der Waals surface area contributed by atoms with Crippen LogP contribution >= 0.6 is 0 Å². The van der Waals surface area contributed by atoms with E-state index in [0.717, 1.165) is 5.92 Å². The van der Waals surface area contributed by atoms with Gasteiger partial charge < -0.3 is 5.32 Å². The number of benzene rings is 1. The van der Waals surface area contributed by atoms with E-state index in [0.29, 0.717) is 6.04 Å². The summed E-state index contributed by atoms with van der Waals surface area (Å²) < 4.78 is 0. The monoisotopic (exact) mass is 275 g/mol. The first-order valence-corrected chi connectivity index (χ1v) is 8.21. The zero-order valence-electron chi connectivity index (χ0n) is 14.3.